The van der Waals surface area contributed by atoms with Crippen LogP contribution in [0.2, 0.25) is 0 Å². The molecule has 2 N–H and O–H groups in total. The van der Waals surface area contributed by atoms with Gasteiger partial charge in [0.15, 0.2) is 5.96 Å². The van der Waals surface area contributed by atoms with Crippen molar-refractivity contribution in [2.24, 2.45) is 18.0 Å². The number of imidazole rings is 1. The zero-order valence-corrected chi connectivity index (χ0v) is 14.3. The van der Waals surface area contributed by atoms with Crippen LogP contribution in [0.1, 0.15) is 32.4 Å². The maximum absolute atomic E-state index is 4.54. The van der Waals surface area contributed by atoms with E-state index in [2.05, 4.69) is 49.1 Å². The standard InChI is InChI=1S/C15H26N8/c1-5-16-15(18-8-13-20-11-21-22(13)4)19-9-14-17-6-7-23(14)10-12(2)3/h6-7,11-12H,5,8-10H2,1-4H3,(H2,16,18,19). The minimum absolute atomic E-state index is 0.478. The van der Waals surface area contributed by atoms with Gasteiger partial charge in [-0.1, -0.05) is 13.8 Å². The molecule has 0 aliphatic carbocycles. The van der Waals surface area contributed by atoms with Gasteiger partial charge in [0.05, 0.1) is 6.54 Å². The number of hydrogen-bond acceptors (Lipinski definition) is 4. The Balaban J connectivity index is 1.97. The molecule has 0 saturated carbocycles. The first-order valence-electron chi connectivity index (χ1n) is 7.95. The van der Waals surface area contributed by atoms with Crippen LogP contribution in [0.5, 0.6) is 0 Å². The van der Waals surface area contributed by atoms with Crippen molar-refractivity contribution in [3.8, 4) is 0 Å². The molecule has 0 unspecified atom stereocenters. The van der Waals surface area contributed by atoms with Crippen LogP contribution in [-0.2, 0) is 26.7 Å². The van der Waals surface area contributed by atoms with E-state index in [-0.39, 0.29) is 0 Å². The van der Waals surface area contributed by atoms with Crippen LogP contribution < -0.4 is 10.6 Å². The van der Waals surface area contributed by atoms with Crippen molar-refractivity contribution in [2.75, 3.05) is 6.54 Å². The summed E-state index contributed by atoms with van der Waals surface area (Å²) in [5, 5.41) is 10.6. The van der Waals surface area contributed by atoms with Gasteiger partial charge in [0.2, 0.25) is 0 Å². The second kappa shape index (κ2) is 8.30. The lowest BCUT2D eigenvalue weighted by Crippen LogP contribution is -2.37. The first-order chi connectivity index (χ1) is 11.1. The highest BCUT2D eigenvalue weighted by atomic mass is 15.3. The number of aliphatic imine (C=N–C) groups is 1. The summed E-state index contributed by atoms with van der Waals surface area (Å²) in [7, 11) is 1.86. The zero-order chi connectivity index (χ0) is 16.7. The molecule has 0 saturated heterocycles. The molecule has 8 heteroatoms. The molecule has 0 amide bonds. The summed E-state index contributed by atoms with van der Waals surface area (Å²) in [6.45, 7) is 9.30. The maximum atomic E-state index is 4.54. The number of nitrogens with one attached hydrogen (secondary N) is 2. The van der Waals surface area contributed by atoms with Gasteiger partial charge in [-0.15, -0.1) is 0 Å². The normalized spacial score (nSPS) is 12.0. The smallest absolute Gasteiger partial charge is 0.192 e. The van der Waals surface area contributed by atoms with Gasteiger partial charge < -0.3 is 15.2 Å². The zero-order valence-electron chi connectivity index (χ0n) is 14.3. The van der Waals surface area contributed by atoms with Gasteiger partial charge in [0.25, 0.3) is 0 Å². The summed E-state index contributed by atoms with van der Waals surface area (Å²) >= 11 is 0. The third-order valence-electron chi connectivity index (χ3n) is 3.31. The molecule has 2 heterocycles. The lowest BCUT2D eigenvalue weighted by atomic mass is 10.2. The van der Waals surface area contributed by atoms with Crippen LogP contribution >= 0.6 is 0 Å². The molecule has 0 spiro atoms. The van der Waals surface area contributed by atoms with Gasteiger partial charge in [-0.3, -0.25) is 4.68 Å². The summed E-state index contributed by atoms with van der Waals surface area (Å²) in [5.41, 5.74) is 0. The van der Waals surface area contributed by atoms with Gasteiger partial charge in [0.1, 0.15) is 24.5 Å². The molecular formula is C15H26N8. The Labute approximate surface area is 137 Å². The van der Waals surface area contributed by atoms with Crippen LogP contribution in [-0.4, -0.2) is 36.8 Å². The number of rotatable bonds is 7. The van der Waals surface area contributed by atoms with Crippen molar-refractivity contribution in [2.45, 2.75) is 40.4 Å². The van der Waals surface area contributed by atoms with Gasteiger partial charge in [0, 0.05) is 32.5 Å². The molecule has 2 aromatic rings. The van der Waals surface area contributed by atoms with Gasteiger partial charge in [-0.25, -0.2) is 15.0 Å². The fourth-order valence-electron chi connectivity index (χ4n) is 2.18. The Hall–Kier alpha value is -2.38. The first kappa shape index (κ1) is 17.0. The molecule has 0 atom stereocenters. The van der Waals surface area contributed by atoms with E-state index in [0.717, 1.165) is 30.7 Å². The van der Waals surface area contributed by atoms with E-state index < -0.39 is 0 Å². The number of hydrogen-bond donors (Lipinski definition) is 2. The molecule has 0 aliphatic rings. The summed E-state index contributed by atoms with van der Waals surface area (Å²) in [6.07, 6.45) is 5.39. The van der Waals surface area contributed by atoms with E-state index in [1.54, 1.807) is 4.68 Å². The van der Waals surface area contributed by atoms with E-state index in [4.69, 9.17) is 0 Å². The summed E-state index contributed by atoms with van der Waals surface area (Å²) in [4.78, 5) is 13.1. The molecule has 2 rings (SSSR count). The van der Waals surface area contributed by atoms with E-state index in [1.165, 1.54) is 6.33 Å². The highest BCUT2D eigenvalue weighted by Gasteiger charge is 2.06. The minimum Gasteiger partial charge on any atom is -0.357 e. The average molecular weight is 318 g/mol. The van der Waals surface area contributed by atoms with Gasteiger partial charge in [-0.2, -0.15) is 5.10 Å². The molecule has 23 heavy (non-hydrogen) atoms. The van der Waals surface area contributed by atoms with Crippen LogP contribution in [0.3, 0.4) is 0 Å². The Morgan fingerprint density at radius 1 is 1.26 bits per heavy atom. The molecule has 0 fully saturated rings. The highest BCUT2D eigenvalue weighted by Crippen LogP contribution is 2.03. The predicted molar refractivity (Wildman–Crippen MR) is 89.7 cm³/mol. The van der Waals surface area contributed by atoms with Crippen LogP contribution in [0.15, 0.2) is 23.7 Å². The number of nitrogens with zero attached hydrogens (tertiary/aromatic N) is 6. The molecule has 8 nitrogen and oxygen atoms in total. The summed E-state index contributed by atoms with van der Waals surface area (Å²) in [6, 6.07) is 0. The fourth-order valence-corrected chi connectivity index (χ4v) is 2.18. The van der Waals surface area contributed by atoms with Crippen LogP contribution in [0.4, 0.5) is 0 Å². The first-order valence-corrected chi connectivity index (χ1v) is 7.95. The number of aromatic nitrogens is 5. The lowest BCUT2D eigenvalue weighted by molar-refractivity contribution is 0.503. The molecule has 0 aliphatic heterocycles. The van der Waals surface area contributed by atoms with Crippen molar-refractivity contribution in [1.82, 2.24) is 34.9 Å². The summed E-state index contributed by atoms with van der Waals surface area (Å²) in [5.74, 6) is 3.15. The monoisotopic (exact) mass is 318 g/mol. The maximum Gasteiger partial charge on any atom is 0.192 e. The lowest BCUT2D eigenvalue weighted by Gasteiger charge is -2.13. The van der Waals surface area contributed by atoms with Crippen molar-refractivity contribution < 1.29 is 0 Å². The van der Waals surface area contributed by atoms with E-state index in [1.807, 2.05) is 26.4 Å². The predicted octanol–water partition coefficient (Wildman–Crippen LogP) is 0.923. The molecule has 2 aromatic heterocycles. The third-order valence-corrected chi connectivity index (χ3v) is 3.31. The summed E-state index contributed by atoms with van der Waals surface area (Å²) < 4.78 is 3.90. The van der Waals surface area contributed by atoms with E-state index in [0.29, 0.717) is 19.0 Å². The van der Waals surface area contributed by atoms with Crippen molar-refractivity contribution in [3.63, 3.8) is 0 Å². The Morgan fingerprint density at radius 3 is 2.74 bits per heavy atom. The number of aryl methyl sites for hydroxylation is 1. The van der Waals surface area contributed by atoms with Gasteiger partial charge >= 0.3 is 0 Å². The Morgan fingerprint density at radius 2 is 2.09 bits per heavy atom. The topological polar surface area (TPSA) is 84.9 Å². The SMILES string of the molecule is CCNC(=NCc1ncnn1C)NCc1nccn1CC(C)C. The van der Waals surface area contributed by atoms with E-state index >= 15 is 0 Å². The van der Waals surface area contributed by atoms with Crippen molar-refractivity contribution in [1.29, 1.82) is 0 Å². The van der Waals surface area contributed by atoms with E-state index in [9.17, 15) is 0 Å². The van der Waals surface area contributed by atoms with Gasteiger partial charge in [-0.05, 0) is 12.8 Å². The largest absolute Gasteiger partial charge is 0.357 e. The second-order valence-corrected chi connectivity index (χ2v) is 5.74. The Kier molecular flexibility index (Phi) is 6.13. The third kappa shape index (κ3) is 5.08. The molecule has 0 bridgehead atoms. The minimum atomic E-state index is 0.478. The molecule has 0 aromatic carbocycles. The average Bonchev–Trinajstić information content (AvgIpc) is 3.10. The van der Waals surface area contributed by atoms with Crippen LogP contribution in [0.25, 0.3) is 0 Å². The Bertz CT molecular complexity index is 625. The highest BCUT2D eigenvalue weighted by molar-refractivity contribution is 5.79. The number of guanidine groups is 1. The second-order valence-electron chi connectivity index (χ2n) is 5.74. The van der Waals surface area contributed by atoms with Crippen LogP contribution in [0, 0.1) is 5.92 Å². The molecule has 126 valence electrons. The fraction of sp³-hybridized carbons (Fsp3) is 0.600. The molecular weight excluding hydrogens is 292 g/mol. The molecule has 0 radical (unpaired) electrons. The van der Waals surface area contributed by atoms with Crippen molar-refractivity contribution in [3.05, 3.63) is 30.4 Å². The van der Waals surface area contributed by atoms with Crippen molar-refractivity contribution >= 4 is 5.96 Å². The quantitative estimate of drug-likeness (QED) is 0.586.